The molecule has 116 valence electrons. The van der Waals surface area contributed by atoms with Crippen LogP contribution in [-0.2, 0) is 9.47 Å². The van der Waals surface area contributed by atoms with Gasteiger partial charge in [-0.05, 0) is 12.1 Å². The monoisotopic (exact) mass is 297 g/mol. The largest absolute Gasteiger partial charge is 0.394 e. The second kappa shape index (κ2) is 6.97. The van der Waals surface area contributed by atoms with Crippen molar-refractivity contribution in [1.82, 2.24) is 5.32 Å². The van der Waals surface area contributed by atoms with Crippen molar-refractivity contribution >= 4 is 5.91 Å². The van der Waals surface area contributed by atoms with E-state index in [1.807, 2.05) is 0 Å². The van der Waals surface area contributed by atoms with Gasteiger partial charge in [-0.2, -0.15) is 0 Å². The molecule has 1 aliphatic heterocycles. The normalized spacial score (nSPS) is 32.7. The molecule has 21 heavy (non-hydrogen) atoms. The lowest BCUT2D eigenvalue weighted by atomic mass is 9.96. The number of carbonyl (C=O) groups is 1. The average molecular weight is 297 g/mol. The first-order valence-electron chi connectivity index (χ1n) is 6.59. The molecule has 1 heterocycles. The zero-order valence-corrected chi connectivity index (χ0v) is 11.5. The molecule has 1 amide bonds. The van der Waals surface area contributed by atoms with Crippen molar-refractivity contribution in [2.45, 2.75) is 30.6 Å². The maximum Gasteiger partial charge on any atom is 0.251 e. The molecule has 1 aromatic carbocycles. The number of rotatable bonds is 4. The summed E-state index contributed by atoms with van der Waals surface area (Å²) in [7, 11) is 1.35. The van der Waals surface area contributed by atoms with E-state index in [1.54, 1.807) is 30.3 Å². The number of hydrogen-bond acceptors (Lipinski definition) is 6. The number of aliphatic hydroxyl groups is 3. The van der Waals surface area contributed by atoms with Crippen LogP contribution >= 0.6 is 0 Å². The zero-order chi connectivity index (χ0) is 15.4. The van der Waals surface area contributed by atoms with Crippen LogP contribution in [0.2, 0.25) is 0 Å². The smallest absolute Gasteiger partial charge is 0.251 e. The number of carbonyl (C=O) groups excluding carboxylic acids is 1. The quantitative estimate of drug-likeness (QED) is 0.560. The molecule has 0 bridgehead atoms. The molecule has 7 nitrogen and oxygen atoms in total. The number of nitrogens with one attached hydrogen (secondary N) is 1. The van der Waals surface area contributed by atoms with Crippen molar-refractivity contribution in [3.63, 3.8) is 0 Å². The molecule has 0 aliphatic carbocycles. The fraction of sp³-hybridized carbons (Fsp3) is 0.500. The molecule has 2 rings (SSSR count). The molecular weight excluding hydrogens is 278 g/mol. The third-order valence-corrected chi connectivity index (χ3v) is 3.48. The number of benzene rings is 1. The van der Waals surface area contributed by atoms with Gasteiger partial charge in [-0.3, -0.25) is 4.79 Å². The van der Waals surface area contributed by atoms with E-state index in [1.165, 1.54) is 7.11 Å². The van der Waals surface area contributed by atoms with Crippen molar-refractivity contribution in [3.8, 4) is 0 Å². The highest BCUT2D eigenvalue weighted by atomic mass is 16.6. The van der Waals surface area contributed by atoms with Crippen LogP contribution in [-0.4, -0.2) is 65.6 Å². The minimum atomic E-state index is -1.39. The molecule has 0 saturated carbocycles. The summed E-state index contributed by atoms with van der Waals surface area (Å²) in [6.45, 7) is -0.461. The maximum absolute atomic E-state index is 12.1. The van der Waals surface area contributed by atoms with Gasteiger partial charge in [0.2, 0.25) is 0 Å². The lowest BCUT2D eigenvalue weighted by molar-refractivity contribution is -0.257. The third-order valence-electron chi connectivity index (χ3n) is 3.48. The summed E-state index contributed by atoms with van der Waals surface area (Å²) < 4.78 is 10.2. The molecule has 1 fully saturated rings. The molecule has 0 unspecified atom stereocenters. The summed E-state index contributed by atoms with van der Waals surface area (Å²) in [6, 6.07) is 7.52. The highest BCUT2D eigenvalue weighted by molar-refractivity contribution is 5.94. The van der Waals surface area contributed by atoms with Crippen LogP contribution in [0.4, 0.5) is 0 Å². The standard InChI is InChI=1S/C14H19NO6/c1-20-12-10(14(19)21-9(7-16)11(12)17)15-13(18)8-5-3-2-4-6-8/h2-6,9-12,14,16-17,19H,7H2,1H3,(H,15,18)/t9-,10-,11-,12-,14-/m1/s1. The van der Waals surface area contributed by atoms with Crippen molar-refractivity contribution < 1.29 is 29.6 Å². The van der Waals surface area contributed by atoms with Gasteiger partial charge in [0.1, 0.15) is 24.4 Å². The minimum Gasteiger partial charge on any atom is -0.394 e. The van der Waals surface area contributed by atoms with Crippen molar-refractivity contribution in [1.29, 1.82) is 0 Å². The molecule has 0 radical (unpaired) electrons. The maximum atomic E-state index is 12.1. The summed E-state index contributed by atoms with van der Waals surface area (Å²) in [5.74, 6) is -0.417. The second-order valence-corrected chi connectivity index (χ2v) is 4.80. The van der Waals surface area contributed by atoms with Crippen LogP contribution in [0.15, 0.2) is 30.3 Å². The van der Waals surface area contributed by atoms with Gasteiger partial charge in [-0.1, -0.05) is 18.2 Å². The van der Waals surface area contributed by atoms with Crippen LogP contribution in [0, 0.1) is 0 Å². The van der Waals surface area contributed by atoms with E-state index in [0.29, 0.717) is 5.56 Å². The number of ether oxygens (including phenoxy) is 2. The van der Waals surface area contributed by atoms with Crippen molar-refractivity contribution in [2.75, 3.05) is 13.7 Å². The Morgan fingerprint density at radius 2 is 2.00 bits per heavy atom. The molecule has 5 atom stereocenters. The molecule has 1 saturated heterocycles. The van der Waals surface area contributed by atoms with Gasteiger partial charge in [0.15, 0.2) is 6.29 Å². The summed E-state index contributed by atoms with van der Waals surface area (Å²) in [4.78, 5) is 12.1. The predicted molar refractivity (Wildman–Crippen MR) is 72.5 cm³/mol. The summed E-state index contributed by atoms with van der Waals surface area (Å²) in [6.07, 6.45) is -4.40. The Balaban J connectivity index is 2.12. The second-order valence-electron chi connectivity index (χ2n) is 4.80. The lowest BCUT2D eigenvalue weighted by Crippen LogP contribution is -2.64. The summed E-state index contributed by atoms with van der Waals surface area (Å²) in [5.41, 5.74) is 0.415. The van der Waals surface area contributed by atoms with E-state index < -0.39 is 43.2 Å². The van der Waals surface area contributed by atoms with Crippen LogP contribution in [0.3, 0.4) is 0 Å². The third kappa shape index (κ3) is 3.39. The Morgan fingerprint density at radius 1 is 1.33 bits per heavy atom. The van der Waals surface area contributed by atoms with Gasteiger partial charge in [-0.25, -0.2) is 0 Å². The van der Waals surface area contributed by atoms with E-state index in [2.05, 4.69) is 5.32 Å². The lowest BCUT2D eigenvalue weighted by Gasteiger charge is -2.41. The van der Waals surface area contributed by atoms with Crippen molar-refractivity contribution in [3.05, 3.63) is 35.9 Å². The first-order chi connectivity index (χ1) is 10.1. The van der Waals surface area contributed by atoms with Crippen LogP contribution in [0.5, 0.6) is 0 Å². The molecule has 1 aliphatic rings. The van der Waals surface area contributed by atoms with E-state index in [-0.39, 0.29) is 0 Å². The first-order valence-corrected chi connectivity index (χ1v) is 6.59. The number of aliphatic hydroxyl groups excluding tert-OH is 3. The predicted octanol–water partition coefficient (Wildman–Crippen LogP) is -1.13. The van der Waals surface area contributed by atoms with E-state index >= 15 is 0 Å². The average Bonchev–Trinajstić information content (AvgIpc) is 2.51. The topological polar surface area (TPSA) is 108 Å². The highest BCUT2D eigenvalue weighted by Gasteiger charge is 2.45. The molecule has 4 N–H and O–H groups in total. The van der Waals surface area contributed by atoms with E-state index in [4.69, 9.17) is 14.6 Å². The van der Waals surface area contributed by atoms with Gasteiger partial charge in [-0.15, -0.1) is 0 Å². The molecule has 7 heteroatoms. The van der Waals surface area contributed by atoms with Crippen LogP contribution in [0.25, 0.3) is 0 Å². The Morgan fingerprint density at radius 3 is 2.57 bits per heavy atom. The van der Waals surface area contributed by atoms with Gasteiger partial charge >= 0.3 is 0 Å². The van der Waals surface area contributed by atoms with Crippen LogP contribution < -0.4 is 5.32 Å². The molecule has 0 spiro atoms. The van der Waals surface area contributed by atoms with E-state index in [9.17, 15) is 15.0 Å². The van der Waals surface area contributed by atoms with Crippen molar-refractivity contribution in [2.24, 2.45) is 0 Å². The Hall–Kier alpha value is -1.51. The highest BCUT2D eigenvalue weighted by Crippen LogP contribution is 2.22. The van der Waals surface area contributed by atoms with E-state index in [0.717, 1.165) is 0 Å². The van der Waals surface area contributed by atoms with Gasteiger partial charge < -0.3 is 30.1 Å². The van der Waals surface area contributed by atoms with Gasteiger partial charge in [0, 0.05) is 12.7 Å². The van der Waals surface area contributed by atoms with Gasteiger partial charge in [0.05, 0.1) is 6.61 Å². The minimum absolute atomic E-state index is 0.415. The Bertz CT molecular complexity index is 468. The number of amides is 1. The van der Waals surface area contributed by atoms with Crippen LogP contribution in [0.1, 0.15) is 10.4 Å². The first kappa shape index (κ1) is 15.9. The molecule has 0 aromatic heterocycles. The zero-order valence-electron chi connectivity index (χ0n) is 11.5. The Kier molecular flexibility index (Phi) is 5.27. The number of hydrogen-bond donors (Lipinski definition) is 4. The molecular formula is C14H19NO6. The fourth-order valence-electron chi connectivity index (χ4n) is 2.35. The molecule has 1 aromatic rings. The fourth-order valence-corrected chi connectivity index (χ4v) is 2.35. The number of methoxy groups -OCH3 is 1. The summed E-state index contributed by atoms with van der Waals surface area (Å²) >= 11 is 0. The summed E-state index contributed by atoms with van der Waals surface area (Å²) in [5, 5.41) is 31.7. The van der Waals surface area contributed by atoms with Gasteiger partial charge in [0.25, 0.3) is 5.91 Å². The SMILES string of the molecule is CO[C@H]1[C@H](O)[C@@H](CO)O[C@@H](O)[C@@H]1NC(=O)c1ccccc1. The Labute approximate surface area is 122 Å².